The minimum atomic E-state index is -0.750. The Labute approximate surface area is 185 Å². The van der Waals surface area contributed by atoms with E-state index in [2.05, 4.69) is 52.9 Å². The van der Waals surface area contributed by atoms with Gasteiger partial charge in [-0.25, -0.2) is 0 Å². The Kier molecular flexibility index (Phi) is 7.89. The number of carbonyl (C=O) groups is 1. The highest BCUT2D eigenvalue weighted by Crippen LogP contribution is 2.27. The first-order valence-electron chi connectivity index (χ1n) is 10.3. The first kappa shape index (κ1) is 23.1. The van der Waals surface area contributed by atoms with Crippen molar-refractivity contribution in [1.29, 1.82) is 0 Å². The van der Waals surface area contributed by atoms with Gasteiger partial charge in [-0.15, -0.1) is 0 Å². The zero-order valence-electron chi connectivity index (χ0n) is 18.2. The van der Waals surface area contributed by atoms with Crippen LogP contribution in [0.5, 0.6) is 0 Å². The fourth-order valence-electron chi connectivity index (χ4n) is 4.04. The molecule has 1 fully saturated rings. The Morgan fingerprint density at radius 1 is 1.16 bits per heavy atom. The van der Waals surface area contributed by atoms with Gasteiger partial charge in [-0.05, 0) is 43.7 Å². The number of aryl methyl sites for hydroxylation is 3. The van der Waals surface area contributed by atoms with Gasteiger partial charge < -0.3 is 9.30 Å². The third-order valence-corrected chi connectivity index (χ3v) is 5.63. The van der Waals surface area contributed by atoms with Crippen molar-refractivity contribution in [3.05, 3.63) is 41.7 Å². The lowest BCUT2D eigenvalue weighted by Gasteiger charge is -2.26. The van der Waals surface area contributed by atoms with Crippen LogP contribution in [0.25, 0.3) is 22.2 Å². The maximum atomic E-state index is 12.6. The summed E-state index contributed by atoms with van der Waals surface area (Å²) in [6.45, 7) is 6.58. The summed E-state index contributed by atoms with van der Waals surface area (Å²) in [6.07, 6.45) is 3.53. The van der Waals surface area contributed by atoms with Gasteiger partial charge in [0, 0.05) is 56.3 Å². The molecular formula is C22H28N4O4S. The van der Waals surface area contributed by atoms with Crippen LogP contribution >= 0.6 is 0 Å². The SMILES string of the molecule is Cc1cn(C)c2ccc(-c3cc(C(=O)CCCN4CCOCC4)nn3C)cc12.O=S=O. The zero-order chi connectivity index (χ0) is 22.4. The van der Waals surface area contributed by atoms with Crippen LogP contribution < -0.4 is 0 Å². The van der Waals surface area contributed by atoms with Crippen molar-refractivity contribution in [2.24, 2.45) is 14.1 Å². The average Bonchev–Trinajstić information content (AvgIpc) is 3.28. The third-order valence-electron chi connectivity index (χ3n) is 5.63. The number of carbonyl (C=O) groups excluding carboxylic acids is 1. The number of morpholine rings is 1. The van der Waals surface area contributed by atoms with Crippen molar-refractivity contribution in [1.82, 2.24) is 19.2 Å². The number of benzene rings is 1. The highest BCUT2D eigenvalue weighted by Gasteiger charge is 2.16. The molecule has 4 rings (SSSR count). The molecule has 0 atom stereocenters. The van der Waals surface area contributed by atoms with Crippen molar-refractivity contribution in [2.45, 2.75) is 19.8 Å². The summed E-state index contributed by atoms with van der Waals surface area (Å²) in [6, 6.07) is 8.35. The van der Waals surface area contributed by atoms with Crippen LogP contribution in [0.2, 0.25) is 0 Å². The molecule has 3 aromatic rings. The largest absolute Gasteiger partial charge is 0.379 e. The van der Waals surface area contributed by atoms with Crippen molar-refractivity contribution >= 4 is 28.3 Å². The number of hydrogen-bond acceptors (Lipinski definition) is 6. The van der Waals surface area contributed by atoms with Crippen molar-refractivity contribution < 1.29 is 17.9 Å². The van der Waals surface area contributed by atoms with Gasteiger partial charge >= 0.3 is 11.6 Å². The number of aromatic nitrogens is 3. The van der Waals surface area contributed by atoms with Crippen LogP contribution in [0.3, 0.4) is 0 Å². The molecule has 166 valence electrons. The topological polar surface area (TPSA) is 86.4 Å². The molecule has 8 nitrogen and oxygen atoms in total. The molecule has 1 aromatic carbocycles. The fraction of sp³-hybridized carbons (Fsp3) is 0.455. The van der Waals surface area contributed by atoms with Gasteiger partial charge in [0.05, 0.1) is 18.9 Å². The lowest BCUT2D eigenvalue weighted by Crippen LogP contribution is -2.36. The van der Waals surface area contributed by atoms with Crippen LogP contribution in [0.4, 0.5) is 0 Å². The molecule has 0 amide bonds. The predicted molar refractivity (Wildman–Crippen MR) is 120 cm³/mol. The van der Waals surface area contributed by atoms with Crippen molar-refractivity contribution in [3.8, 4) is 11.3 Å². The molecule has 9 heteroatoms. The van der Waals surface area contributed by atoms with E-state index in [1.165, 1.54) is 16.5 Å². The minimum Gasteiger partial charge on any atom is -0.379 e. The number of ketones is 1. The molecule has 0 spiro atoms. The molecule has 3 heterocycles. The van der Waals surface area contributed by atoms with Crippen LogP contribution in [-0.4, -0.2) is 66.3 Å². The Bertz CT molecular complexity index is 1090. The third kappa shape index (κ3) is 5.55. The summed E-state index contributed by atoms with van der Waals surface area (Å²) < 4.78 is 25.9. The molecule has 0 saturated carbocycles. The van der Waals surface area contributed by atoms with Crippen LogP contribution in [0, 0.1) is 6.92 Å². The molecule has 0 aliphatic carbocycles. The van der Waals surface area contributed by atoms with E-state index in [1.807, 2.05) is 17.8 Å². The molecule has 1 aliphatic rings. The van der Waals surface area contributed by atoms with E-state index in [0.29, 0.717) is 12.1 Å². The second-order valence-corrected chi connectivity index (χ2v) is 7.88. The molecule has 2 aromatic heterocycles. The monoisotopic (exact) mass is 444 g/mol. The molecule has 1 saturated heterocycles. The molecular weight excluding hydrogens is 416 g/mol. The minimum absolute atomic E-state index is 0.118. The number of ether oxygens (including phenoxy) is 1. The van der Waals surface area contributed by atoms with E-state index < -0.39 is 11.6 Å². The standard InChI is InChI=1S/C22H28N4O2.O2S/c1-16-15-24(2)20-7-6-17(13-18(16)20)21-14-19(23-25(21)3)22(27)5-4-8-26-9-11-28-12-10-26;1-3-2/h6-7,13-15H,4-5,8-12H2,1-3H3;. The Morgan fingerprint density at radius 2 is 1.87 bits per heavy atom. The molecule has 0 unspecified atom stereocenters. The second-order valence-electron chi connectivity index (χ2n) is 7.74. The molecule has 31 heavy (non-hydrogen) atoms. The summed E-state index contributed by atoms with van der Waals surface area (Å²) in [7, 11) is 3.97. The van der Waals surface area contributed by atoms with Gasteiger partial charge in [0.15, 0.2) is 5.78 Å². The summed E-state index contributed by atoms with van der Waals surface area (Å²) in [5.41, 5.74) is 5.08. The number of fused-ring (bicyclic) bond motifs is 1. The summed E-state index contributed by atoms with van der Waals surface area (Å²) >= 11 is -0.750. The molecule has 0 bridgehead atoms. The van der Waals surface area contributed by atoms with E-state index >= 15 is 0 Å². The summed E-state index contributed by atoms with van der Waals surface area (Å²) in [4.78, 5) is 15.0. The smallest absolute Gasteiger partial charge is 0.335 e. The molecule has 0 radical (unpaired) electrons. The van der Waals surface area contributed by atoms with Gasteiger partial charge in [0.1, 0.15) is 5.69 Å². The second kappa shape index (κ2) is 10.6. The van der Waals surface area contributed by atoms with Crippen LogP contribution in [0.1, 0.15) is 28.9 Å². The van der Waals surface area contributed by atoms with Gasteiger partial charge in [0.2, 0.25) is 0 Å². The van der Waals surface area contributed by atoms with E-state index in [9.17, 15) is 4.79 Å². The first-order valence-corrected chi connectivity index (χ1v) is 11.0. The van der Waals surface area contributed by atoms with E-state index in [1.54, 1.807) is 0 Å². The van der Waals surface area contributed by atoms with E-state index in [-0.39, 0.29) is 5.78 Å². The summed E-state index contributed by atoms with van der Waals surface area (Å²) in [5, 5.41) is 5.72. The maximum absolute atomic E-state index is 12.6. The lowest BCUT2D eigenvalue weighted by atomic mass is 10.1. The highest BCUT2D eigenvalue weighted by molar-refractivity contribution is 7.51. The van der Waals surface area contributed by atoms with Gasteiger partial charge in [-0.3, -0.25) is 14.4 Å². The Morgan fingerprint density at radius 3 is 2.58 bits per heavy atom. The normalized spacial score (nSPS) is 14.3. The number of nitrogens with zero attached hydrogens (tertiary/aromatic N) is 4. The molecule has 1 aliphatic heterocycles. The molecule has 0 N–H and O–H groups in total. The quantitative estimate of drug-likeness (QED) is 0.543. The Balaban J connectivity index is 0.000000858. The van der Waals surface area contributed by atoms with E-state index in [4.69, 9.17) is 13.2 Å². The maximum Gasteiger partial charge on any atom is 0.335 e. The highest BCUT2D eigenvalue weighted by atomic mass is 32.1. The fourth-order valence-corrected chi connectivity index (χ4v) is 4.04. The Hall–Kier alpha value is -2.62. The van der Waals surface area contributed by atoms with Crippen molar-refractivity contribution in [3.63, 3.8) is 0 Å². The number of hydrogen-bond donors (Lipinski definition) is 0. The predicted octanol–water partition coefficient (Wildman–Crippen LogP) is 2.51. The average molecular weight is 445 g/mol. The zero-order valence-corrected chi connectivity index (χ0v) is 19.0. The van der Waals surface area contributed by atoms with Crippen LogP contribution in [-0.2, 0) is 30.4 Å². The summed E-state index contributed by atoms with van der Waals surface area (Å²) in [5.74, 6) is 0.118. The number of Topliss-reactive ketones (excluding diaryl/α,β-unsaturated/α-hetero) is 1. The first-order chi connectivity index (χ1) is 14.9. The van der Waals surface area contributed by atoms with E-state index in [0.717, 1.165) is 50.5 Å². The lowest BCUT2D eigenvalue weighted by molar-refractivity contribution is 0.0371. The van der Waals surface area contributed by atoms with Gasteiger partial charge in [-0.2, -0.15) is 13.5 Å². The van der Waals surface area contributed by atoms with Gasteiger partial charge in [0.25, 0.3) is 0 Å². The van der Waals surface area contributed by atoms with Crippen LogP contribution in [0.15, 0.2) is 30.5 Å². The van der Waals surface area contributed by atoms with Gasteiger partial charge in [-0.1, -0.05) is 6.07 Å². The number of rotatable bonds is 6. The van der Waals surface area contributed by atoms with Crippen molar-refractivity contribution in [2.75, 3.05) is 32.8 Å².